The van der Waals surface area contributed by atoms with E-state index >= 15 is 0 Å². The summed E-state index contributed by atoms with van der Waals surface area (Å²) in [6, 6.07) is 15.9. The monoisotopic (exact) mass is 398 g/mol. The summed E-state index contributed by atoms with van der Waals surface area (Å²) >= 11 is 2.17. The first-order chi connectivity index (χ1) is 9.92. The van der Waals surface area contributed by atoms with Crippen LogP contribution < -0.4 is 0 Å². The predicted molar refractivity (Wildman–Crippen MR) is 88.9 cm³/mol. The number of ether oxygens (including phenoxy) is 1. The normalized spacial score (nSPS) is 13.0. The van der Waals surface area contributed by atoms with Crippen LogP contribution in [-0.4, -0.2) is 12.1 Å². The third kappa shape index (κ3) is 3.89. The highest BCUT2D eigenvalue weighted by molar-refractivity contribution is 14.1. The van der Waals surface area contributed by atoms with Gasteiger partial charge in [0.25, 0.3) is 6.36 Å². The Hall–Kier alpha value is -1.27. The van der Waals surface area contributed by atoms with Crippen LogP contribution in [0.3, 0.4) is 0 Å². The van der Waals surface area contributed by atoms with E-state index < -0.39 is 17.7 Å². The zero-order valence-electron chi connectivity index (χ0n) is 11.8. The minimum atomic E-state index is -1.99. The zero-order valence-corrected chi connectivity index (χ0v) is 14.0. The molecule has 0 saturated carbocycles. The molecule has 0 radical (unpaired) electrons. The first-order valence-electron chi connectivity index (χ1n) is 6.58. The van der Waals surface area contributed by atoms with Crippen LogP contribution in [0.5, 0.6) is 0 Å². The molecule has 0 amide bonds. The maximum Gasteiger partial charge on any atom is 0.263 e. The standard InChI is InChI=1S/C17H16FIO2/c1-17(2,13-10-6-7-11-14(13)19)21-16(18)15(20)12-8-4-3-5-9-12/h3-11,16H,1-2H3/t16-/m1/s1. The van der Waals surface area contributed by atoms with E-state index in [1.807, 2.05) is 24.3 Å². The van der Waals surface area contributed by atoms with Gasteiger partial charge in [0.15, 0.2) is 0 Å². The van der Waals surface area contributed by atoms with Crippen LogP contribution in [0.25, 0.3) is 0 Å². The van der Waals surface area contributed by atoms with E-state index in [2.05, 4.69) is 22.6 Å². The quantitative estimate of drug-likeness (QED) is 0.538. The summed E-state index contributed by atoms with van der Waals surface area (Å²) in [5, 5.41) is 0. The summed E-state index contributed by atoms with van der Waals surface area (Å²) in [6.45, 7) is 3.52. The average Bonchev–Trinajstić information content (AvgIpc) is 2.47. The fourth-order valence-corrected chi connectivity index (χ4v) is 3.10. The van der Waals surface area contributed by atoms with Gasteiger partial charge in [0.2, 0.25) is 5.78 Å². The van der Waals surface area contributed by atoms with Crippen molar-refractivity contribution in [2.45, 2.75) is 25.8 Å². The van der Waals surface area contributed by atoms with Gasteiger partial charge in [0.1, 0.15) is 0 Å². The summed E-state index contributed by atoms with van der Waals surface area (Å²) in [6.07, 6.45) is -1.99. The third-order valence-electron chi connectivity index (χ3n) is 3.19. The van der Waals surface area contributed by atoms with Gasteiger partial charge in [-0.25, -0.2) is 4.39 Å². The second kappa shape index (κ2) is 6.66. The van der Waals surface area contributed by atoms with E-state index in [0.29, 0.717) is 5.56 Å². The van der Waals surface area contributed by atoms with Gasteiger partial charge >= 0.3 is 0 Å². The van der Waals surface area contributed by atoms with Gasteiger partial charge in [0.05, 0.1) is 5.60 Å². The maximum absolute atomic E-state index is 14.2. The number of benzene rings is 2. The number of halogens is 2. The van der Waals surface area contributed by atoms with Crippen molar-refractivity contribution < 1.29 is 13.9 Å². The molecule has 2 aromatic rings. The molecule has 0 aromatic heterocycles. The lowest BCUT2D eigenvalue weighted by Gasteiger charge is -2.28. The van der Waals surface area contributed by atoms with Crippen LogP contribution in [0.15, 0.2) is 54.6 Å². The van der Waals surface area contributed by atoms with Crippen LogP contribution >= 0.6 is 22.6 Å². The number of Topliss-reactive ketones (excluding diaryl/α,β-unsaturated/α-hetero) is 1. The largest absolute Gasteiger partial charge is 0.331 e. The van der Waals surface area contributed by atoms with Crippen molar-refractivity contribution in [1.82, 2.24) is 0 Å². The Bertz CT molecular complexity index is 626. The minimum absolute atomic E-state index is 0.309. The molecule has 1 atom stereocenters. The number of alkyl halides is 1. The fourth-order valence-electron chi connectivity index (χ4n) is 2.06. The average molecular weight is 398 g/mol. The number of hydrogen-bond acceptors (Lipinski definition) is 2. The molecule has 0 spiro atoms. The van der Waals surface area contributed by atoms with Gasteiger partial charge in [-0.05, 0) is 48.1 Å². The molecule has 0 saturated heterocycles. The number of carbonyl (C=O) groups excluding carboxylic acids is 1. The molecule has 21 heavy (non-hydrogen) atoms. The van der Waals surface area contributed by atoms with Crippen molar-refractivity contribution in [2.24, 2.45) is 0 Å². The molecule has 0 unspecified atom stereocenters. The maximum atomic E-state index is 14.2. The topological polar surface area (TPSA) is 26.3 Å². The van der Waals surface area contributed by atoms with Crippen LogP contribution in [0.2, 0.25) is 0 Å². The van der Waals surface area contributed by atoms with Gasteiger partial charge in [-0.15, -0.1) is 0 Å². The summed E-state index contributed by atoms with van der Waals surface area (Å²) < 4.78 is 20.6. The third-order valence-corrected chi connectivity index (χ3v) is 4.13. The molecular formula is C17H16FIO2. The van der Waals surface area contributed by atoms with Crippen molar-refractivity contribution >= 4 is 28.4 Å². The number of carbonyl (C=O) groups is 1. The van der Waals surface area contributed by atoms with Crippen molar-refractivity contribution in [3.8, 4) is 0 Å². The van der Waals surface area contributed by atoms with Crippen molar-refractivity contribution in [3.05, 3.63) is 69.3 Å². The zero-order chi connectivity index (χ0) is 15.5. The highest BCUT2D eigenvalue weighted by Gasteiger charge is 2.31. The molecule has 2 nitrogen and oxygen atoms in total. The summed E-state index contributed by atoms with van der Waals surface area (Å²) in [5.74, 6) is -0.658. The molecule has 0 bridgehead atoms. The first kappa shape index (κ1) is 16.1. The first-order valence-corrected chi connectivity index (χ1v) is 7.66. The Morgan fingerprint density at radius 3 is 2.29 bits per heavy atom. The van der Waals surface area contributed by atoms with Gasteiger partial charge in [-0.2, -0.15) is 0 Å². The molecule has 0 aliphatic carbocycles. The van der Waals surface area contributed by atoms with Crippen LogP contribution in [0, 0.1) is 3.57 Å². The Morgan fingerprint density at radius 2 is 1.67 bits per heavy atom. The van der Waals surface area contributed by atoms with Gasteiger partial charge in [-0.3, -0.25) is 4.79 Å². The molecule has 4 heteroatoms. The predicted octanol–water partition coefficient (Wildman–Crippen LogP) is 4.72. The van der Waals surface area contributed by atoms with E-state index in [9.17, 15) is 9.18 Å². The summed E-state index contributed by atoms with van der Waals surface area (Å²) in [7, 11) is 0. The summed E-state index contributed by atoms with van der Waals surface area (Å²) in [4.78, 5) is 12.0. The van der Waals surface area contributed by atoms with Crippen LogP contribution in [0.4, 0.5) is 4.39 Å². The summed E-state index contributed by atoms with van der Waals surface area (Å²) in [5.41, 5.74) is 0.277. The molecule has 0 fully saturated rings. The van der Waals surface area contributed by atoms with Gasteiger partial charge in [0, 0.05) is 9.13 Å². The highest BCUT2D eigenvalue weighted by Crippen LogP contribution is 2.30. The van der Waals surface area contributed by atoms with E-state index in [4.69, 9.17) is 4.74 Å². The smallest absolute Gasteiger partial charge is 0.263 e. The SMILES string of the molecule is CC(C)(O[C@@H](F)C(=O)c1ccccc1)c1ccccc1I. The van der Waals surface area contributed by atoms with Crippen LogP contribution in [0.1, 0.15) is 29.8 Å². The van der Waals surface area contributed by atoms with E-state index in [1.54, 1.807) is 44.2 Å². The van der Waals surface area contributed by atoms with Crippen molar-refractivity contribution in [1.29, 1.82) is 0 Å². The minimum Gasteiger partial charge on any atom is -0.331 e. The number of rotatable bonds is 5. The Morgan fingerprint density at radius 1 is 1.10 bits per heavy atom. The second-order valence-electron chi connectivity index (χ2n) is 5.15. The second-order valence-corrected chi connectivity index (χ2v) is 6.32. The fraction of sp³-hybridized carbons (Fsp3) is 0.235. The molecule has 2 rings (SSSR count). The van der Waals surface area contributed by atoms with Crippen LogP contribution in [-0.2, 0) is 10.3 Å². The highest BCUT2D eigenvalue weighted by atomic mass is 127. The Balaban J connectivity index is 2.17. The number of ketones is 1. The van der Waals surface area contributed by atoms with Gasteiger partial charge < -0.3 is 4.74 Å². The lowest BCUT2D eigenvalue weighted by molar-refractivity contribution is -0.113. The van der Waals surface area contributed by atoms with Crippen molar-refractivity contribution in [2.75, 3.05) is 0 Å². The molecule has 0 N–H and O–H groups in total. The van der Waals surface area contributed by atoms with E-state index in [0.717, 1.165) is 9.13 Å². The molecule has 2 aromatic carbocycles. The molecule has 0 heterocycles. The van der Waals surface area contributed by atoms with E-state index in [1.165, 1.54) is 0 Å². The molecule has 0 aliphatic rings. The number of hydrogen-bond donors (Lipinski definition) is 0. The lowest BCUT2D eigenvalue weighted by Crippen LogP contribution is -2.31. The van der Waals surface area contributed by atoms with E-state index in [-0.39, 0.29) is 0 Å². The lowest BCUT2D eigenvalue weighted by atomic mass is 9.98. The van der Waals surface area contributed by atoms with Gasteiger partial charge in [-0.1, -0.05) is 48.5 Å². The molecule has 110 valence electrons. The Labute approximate surface area is 137 Å². The van der Waals surface area contributed by atoms with Crippen molar-refractivity contribution in [3.63, 3.8) is 0 Å². The molecular weight excluding hydrogens is 382 g/mol. The Kier molecular flexibility index (Phi) is 5.11. The molecule has 0 aliphatic heterocycles.